The zero-order valence-corrected chi connectivity index (χ0v) is 13.1. The predicted molar refractivity (Wildman–Crippen MR) is 75.0 cm³/mol. The van der Waals surface area contributed by atoms with Crippen LogP contribution < -0.4 is 0 Å². The minimum absolute atomic E-state index is 0.157. The van der Waals surface area contributed by atoms with E-state index in [1.807, 2.05) is 0 Å². The fourth-order valence-corrected chi connectivity index (χ4v) is 3.43. The van der Waals surface area contributed by atoms with Crippen molar-refractivity contribution in [2.24, 2.45) is 5.92 Å². The molecule has 0 atom stereocenters. The van der Waals surface area contributed by atoms with E-state index in [0.717, 1.165) is 12.5 Å². The highest BCUT2D eigenvalue weighted by atomic mass is 32.2. The maximum Gasteiger partial charge on any atom is 0.326 e. The molecule has 22 heavy (non-hydrogen) atoms. The Bertz CT molecular complexity index is 688. The maximum atomic E-state index is 11.6. The Morgan fingerprint density at radius 3 is 2.41 bits per heavy atom. The molecule has 0 aromatic carbocycles. The van der Waals surface area contributed by atoms with Crippen LogP contribution in [-0.4, -0.2) is 42.5 Å². The number of ether oxygens (including phenoxy) is 1. The molecule has 0 aliphatic heterocycles. The van der Waals surface area contributed by atoms with E-state index in [9.17, 15) is 23.3 Å². The van der Waals surface area contributed by atoms with Crippen molar-refractivity contribution < 1.29 is 22.9 Å². The van der Waals surface area contributed by atoms with E-state index >= 15 is 0 Å². The normalized spacial score (nSPS) is 22.3. The second-order valence-electron chi connectivity index (χ2n) is 5.36. The first-order chi connectivity index (χ1) is 10.2. The van der Waals surface area contributed by atoms with Crippen molar-refractivity contribution in [2.45, 2.75) is 36.8 Å². The third-order valence-corrected chi connectivity index (χ3v) is 4.83. The molecular weight excluding hydrogens is 314 g/mol. The average molecular weight is 331 g/mol. The molecule has 1 aliphatic rings. The lowest BCUT2D eigenvalue weighted by molar-refractivity contribution is -0.387. The first kappa shape index (κ1) is 16.4. The van der Waals surface area contributed by atoms with Crippen LogP contribution in [0.1, 0.15) is 31.7 Å². The van der Waals surface area contributed by atoms with Gasteiger partial charge in [0.1, 0.15) is 6.20 Å². The third kappa shape index (κ3) is 3.26. The molecule has 122 valence electrons. The first-order valence-corrected chi connectivity index (χ1v) is 8.64. The van der Waals surface area contributed by atoms with Gasteiger partial charge < -0.3 is 4.74 Å². The third-order valence-electron chi connectivity index (χ3n) is 3.83. The van der Waals surface area contributed by atoms with Gasteiger partial charge in [0.15, 0.2) is 0 Å². The van der Waals surface area contributed by atoms with Crippen LogP contribution in [0.3, 0.4) is 0 Å². The van der Waals surface area contributed by atoms with Crippen molar-refractivity contribution in [1.29, 1.82) is 0 Å². The van der Waals surface area contributed by atoms with Gasteiger partial charge >= 0.3 is 11.7 Å². The Labute approximate surface area is 127 Å². The number of sulfone groups is 1. The number of carbonyl (C=O) groups excluding carboxylic acids is 1. The molecule has 1 fully saturated rings. The van der Waals surface area contributed by atoms with E-state index in [1.54, 1.807) is 0 Å². The quantitative estimate of drug-likeness (QED) is 0.460. The lowest BCUT2D eigenvalue weighted by Gasteiger charge is -2.26. The summed E-state index contributed by atoms with van der Waals surface area (Å²) >= 11 is 0. The van der Waals surface area contributed by atoms with Crippen molar-refractivity contribution in [3.63, 3.8) is 0 Å². The molecule has 1 aromatic rings. The summed E-state index contributed by atoms with van der Waals surface area (Å²) in [5, 5.41) is 14.3. The van der Waals surface area contributed by atoms with E-state index in [1.165, 1.54) is 11.8 Å². The number of carbonyl (C=O) groups is 1. The average Bonchev–Trinajstić information content (AvgIpc) is 2.92. The largest absolute Gasteiger partial charge is 0.469 e. The van der Waals surface area contributed by atoms with Gasteiger partial charge in [-0.3, -0.25) is 19.6 Å². The van der Waals surface area contributed by atoms with Crippen LogP contribution in [0.15, 0.2) is 11.2 Å². The summed E-state index contributed by atoms with van der Waals surface area (Å²) in [6, 6.07) is -0.157. The van der Waals surface area contributed by atoms with E-state index < -0.39 is 25.5 Å². The van der Waals surface area contributed by atoms with Crippen molar-refractivity contribution in [1.82, 2.24) is 9.78 Å². The van der Waals surface area contributed by atoms with Crippen molar-refractivity contribution in [2.75, 3.05) is 13.4 Å². The van der Waals surface area contributed by atoms with E-state index in [0.29, 0.717) is 25.7 Å². The van der Waals surface area contributed by atoms with Crippen LogP contribution >= 0.6 is 0 Å². The summed E-state index contributed by atoms with van der Waals surface area (Å²) in [4.78, 5) is 21.7. The number of nitrogens with zero attached hydrogens (tertiary/aromatic N) is 3. The molecule has 0 bridgehead atoms. The highest BCUT2D eigenvalue weighted by Gasteiger charge is 2.32. The van der Waals surface area contributed by atoms with Gasteiger partial charge in [0.25, 0.3) is 5.03 Å². The number of hydrogen-bond donors (Lipinski definition) is 0. The van der Waals surface area contributed by atoms with Gasteiger partial charge in [0.2, 0.25) is 9.84 Å². The Morgan fingerprint density at radius 2 is 2.00 bits per heavy atom. The molecule has 9 nitrogen and oxygen atoms in total. The van der Waals surface area contributed by atoms with Crippen LogP contribution in [0.25, 0.3) is 0 Å². The number of nitro groups is 1. The Kier molecular flexibility index (Phi) is 4.50. The summed E-state index contributed by atoms with van der Waals surface area (Å²) in [6.07, 6.45) is 4.38. The topological polar surface area (TPSA) is 121 Å². The highest BCUT2D eigenvalue weighted by Crippen LogP contribution is 2.34. The molecule has 0 unspecified atom stereocenters. The number of esters is 1. The molecule has 1 aliphatic carbocycles. The van der Waals surface area contributed by atoms with Crippen LogP contribution in [0.5, 0.6) is 0 Å². The highest BCUT2D eigenvalue weighted by molar-refractivity contribution is 7.90. The minimum Gasteiger partial charge on any atom is -0.469 e. The number of hydrogen-bond acceptors (Lipinski definition) is 7. The summed E-state index contributed by atoms with van der Waals surface area (Å²) in [5.41, 5.74) is -0.516. The van der Waals surface area contributed by atoms with Crippen LogP contribution in [-0.2, 0) is 19.4 Å². The SMILES string of the molecule is COC(=O)C1CCC(n2cc([N+](=O)[O-])c(S(C)(=O)=O)n2)CC1. The number of methoxy groups -OCH3 is 1. The molecule has 1 heterocycles. The maximum absolute atomic E-state index is 11.6. The Morgan fingerprint density at radius 1 is 1.41 bits per heavy atom. The molecule has 1 aromatic heterocycles. The lowest BCUT2D eigenvalue weighted by atomic mass is 9.86. The van der Waals surface area contributed by atoms with E-state index in [-0.39, 0.29) is 17.9 Å². The van der Waals surface area contributed by atoms with Crippen LogP contribution in [0.2, 0.25) is 0 Å². The second kappa shape index (κ2) is 6.03. The number of rotatable bonds is 4. The van der Waals surface area contributed by atoms with Gasteiger partial charge in [0.05, 0.1) is 24.0 Å². The fourth-order valence-electron chi connectivity index (χ4n) is 2.68. The van der Waals surface area contributed by atoms with E-state index in [4.69, 9.17) is 4.74 Å². The summed E-state index contributed by atoms with van der Waals surface area (Å²) < 4.78 is 29.2. The standard InChI is InChI=1S/C12H17N3O6S/c1-21-12(16)8-3-5-9(6-4-8)14-7-10(15(17)18)11(13-14)22(2,19)20/h7-9H,3-6H2,1-2H3. The van der Waals surface area contributed by atoms with Crippen molar-refractivity contribution in [3.05, 3.63) is 16.3 Å². The summed E-state index contributed by atoms with van der Waals surface area (Å²) in [7, 11) is -2.44. The van der Waals surface area contributed by atoms with Gasteiger partial charge in [-0.25, -0.2) is 8.42 Å². The van der Waals surface area contributed by atoms with Crippen LogP contribution in [0.4, 0.5) is 5.69 Å². The zero-order valence-electron chi connectivity index (χ0n) is 12.3. The van der Waals surface area contributed by atoms with Gasteiger partial charge in [0, 0.05) is 6.26 Å². The van der Waals surface area contributed by atoms with Gasteiger partial charge in [-0.05, 0) is 25.7 Å². The smallest absolute Gasteiger partial charge is 0.326 e. The molecule has 0 amide bonds. The summed E-state index contributed by atoms with van der Waals surface area (Å²) in [6.45, 7) is 0. The zero-order chi connectivity index (χ0) is 16.5. The monoisotopic (exact) mass is 331 g/mol. The van der Waals surface area contributed by atoms with Crippen LogP contribution in [0, 0.1) is 16.0 Å². The Balaban J connectivity index is 2.21. The number of aromatic nitrogens is 2. The molecule has 2 rings (SSSR count). The fraction of sp³-hybridized carbons (Fsp3) is 0.667. The van der Waals surface area contributed by atoms with Gasteiger partial charge in [-0.15, -0.1) is 0 Å². The van der Waals surface area contributed by atoms with Crippen molar-refractivity contribution in [3.8, 4) is 0 Å². The Hall–Kier alpha value is -1.97. The molecule has 1 saturated carbocycles. The second-order valence-corrected chi connectivity index (χ2v) is 7.29. The minimum atomic E-state index is -3.77. The van der Waals surface area contributed by atoms with E-state index in [2.05, 4.69) is 5.10 Å². The first-order valence-electron chi connectivity index (χ1n) is 6.75. The molecule has 0 spiro atoms. The predicted octanol–water partition coefficient (Wildman–Crippen LogP) is 1.10. The molecule has 0 saturated heterocycles. The van der Waals surface area contributed by atoms with Crippen molar-refractivity contribution >= 4 is 21.5 Å². The summed E-state index contributed by atoms with van der Waals surface area (Å²) in [5.74, 6) is -0.442. The molecule has 10 heteroatoms. The lowest BCUT2D eigenvalue weighted by Crippen LogP contribution is -2.24. The van der Waals surface area contributed by atoms with Gasteiger partial charge in [-0.1, -0.05) is 0 Å². The molecular formula is C12H17N3O6S. The molecule has 0 radical (unpaired) electrons. The molecule has 0 N–H and O–H groups in total. The van der Waals surface area contributed by atoms with Gasteiger partial charge in [-0.2, -0.15) is 5.10 Å².